The first-order valence-corrected chi connectivity index (χ1v) is 6.49. The van der Waals surface area contributed by atoms with E-state index in [0.29, 0.717) is 0 Å². The average Bonchev–Trinajstić information content (AvgIpc) is 1.81. The van der Waals surface area contributed by atoms with Crippen molar-refractivity contribution in [2.75, 3.05) is 0 Å². The fourth-order valence-corrected chi connectivity index (χ4v) is 1.34. The number of hydrogen-bond acceptors (Lipinski definition) is 0. The SMILES string of the molecule is C=CCCC=[CH][Pt][Cl]. The average molecular weight is 312 g/mol. The molecule has 0 aromatic carbocycles. The Bertz CT molecular complexity index is 78.6. The molecule has 2 heteroatoms. The minimum absolute atomic E-state index is 0.161. The van der Waals surface area contributed by atoms with E-state index >= 15 is 0 Å². The van der Waals surface area contributed by atoms with Crippen LogP contribution in [0, 0.1) is 0 Å². The summed E-state index contributed by atoms with van der Waals surface area (Å²) in [6, 6.07) is 0. The molecule has 8 heavy (non-hydrogen) atoms. The minimum atomic E-state index is -0.161. The predicted octanol–water partition coefficient (Wildman–Crippen LogP) is 2.70. The van der Waals surface area contributed by atoms with E-state index in [0.717, 1.165) is 12.8 Å². The van der Waals surface area contributed by atoms with Gasteiger partial charge in [-0.25, -0.2) is 0 Å². The van der Waals surface area contributed by atoms with Crippen molar-refractivity contribution >= 4 is 9.42 Å². The molecule has 0 aliphatic carbocycles. The van der Waals surface area contributed by atoms with Crippen LogP contribution >= 0.6 is 9.42 Å². The van der Waals surface area contributed by atoms with Crippen molar-refractivity contribution in [3.05, 3.63) is 23.2 Å². The van der Waals surface area contributed by atoms with Crippen molar-refractivity contribution in [1.29, 1.82) is 0 Å². The van der Waals surface area contributed by atoms with Crippen LogP contribution in [0.3, 0.4) is 0 Å². The molecule has 0 fully saturated rings. The van der Waals surface area contributed by atoms with E-state index in [4.69, 9.17) is 9.42 Å². The summed E-state index contributed by atoms with van der Waals surface area (Å²) < 4.78 is 2.06. The molecule has 0 saturated carbocycles. The Morgan fingerprint density at radius 3 is 2.75 bits per heavy atom. The zero-order valence-electron chi connectivity index (χ0n) is 4.55. The first-order chi connectivity index (χ1) is 3.91. The summed E-state index contributed by atoms with van der Waals surface area (Å²) >= 11 is -0.161. The Kier molecular flexibility index (Phi) is 7.89. The second kappa shape index (κ2) is 7.46. The maximum atomic E-state index is 5.48. The van der Waals surface area contributed by atoms with E-state index in [1.54, 1.807) is 0 Å². The third-order valence-electron chi connectivity index (χ3n) is 0.652. The number of halogens is 1. The Balaban J connectivity index is 2.90. The summed E-state index contributed by atoms with van der Waals surface area (Å²) in [7, 11) is 5.48. The van der Waals surface area contributed by atoms with Gasteiger partial charge in [0.15, 0.2) is 0 Å². The number of rotatable bonds is 4. The van der Waals surface area contributed by atoms with Crippen LogP contribution in [0.1, 0.15) is 12.8 Å². The van der Waals surface area contributed by atoms with Gasteiger partial charge >= 0.3 is 63.0 Å². The third kappa shape index (κ3) is 6.46. The van der Waals surface area contributed by atoms with Crippen molar-refractivity contribution in [2.24, 2.45) is 0 Å². The van der Waals surface area contributed by atoms with E-state index in [-0.39, 0.29) is 17.5 Å². The zero-order chi connectivity index (χ0) is 6.24. The molecular weight excluding hydrogens is 303 g/mol. The molecule has 0 aromatic rings. The standard InChI is InChI=1S/C6H9.ClH.Pt/c1-3-5-6-4-2;;/h1,3-4H,2,5-6H2;1H;/q;;+1/p-1. The second-order valence-corrected chi connectivity index (χ2v) is 3.66. The van der Waals surface area contributed by atoms with Crippen LogP contribution in [-0.2, 0) is 17.5 Å². The van der Waals surface area contributed by atoms with Gasteiger partial charge in [0, 0.05) is 0 Å². The molecule has 0 aliphatic heterocycles. The molecular formula is C6H9ClPt. The van der Waals surface area contributed by atoms with Gasteiger partial charge in [0.05, 0.1) is 0 Å². The van der Waals surface area contributed by atoms with Crippen LogP contribution in [0.4, 0.5) is 0 Å². The summed E-state index contributed by atoms with van der Waals surface area (Å²) in [5.41, 5.74) is 0. The summed E-state index contributed by atoms with van der Waals surface area (Å²) in [6.07, 6.45) is 6.19. The van der Waals surface area contributed by atoms with Gasteiger partial charge in [-0.3, -0.25) is 0 Å². The molecule has 0 saturated heterocycles. The van der Waals surface area contributed by atoms with Crippen LogP contribution in [0.15, 0.2) is 23.2 Å². The van der Waals surface area contributed by atoms with Crippen molar-refractivity contribution in [1.82, 2.24) is 0 Å². The van der Waals surface area contributed by atoms with Crippen LogP contribution < -0.4 is 0 Å². The van der Waals surface area contributed by atoms with Crippen molar-refractivity contribution in [3.8, 4) is 0 Å². The Labute approximate surface area is 63.1 Å². The third-order valence-corrected chi connectivity index (χ3v) is 2.13. The quantitative estimate of drug-likeness (QED) is 0.553. The molecule has 0 aromatic heterocycles. The van der Waals surface area contributed by atoms with E-state index in [1.165, 1.54) is 0 Å². The first kappa shape index (κ1) is 8.46. The summed E-state index contributed by atoms with van der Waals surface area (Å²) in [5.74, 6) is 0. The number of hydrogen-bond donors (Lipinski definition) is 0. The number of allylic oxidation sites excluding steroid dienone is 2. The Morgan fingerprint density at radius 2 is 2.25 bits per heavy atom. The normalized spacial score (nSPS) is 10.6. The van der Waals surface area contributed by atoms with Gasteiger partial charge < -0.3 is 0 Å². The molecule has 0 unspecified atom stereocenters. The monoisotopic (exact) mass is 311 g/mol. The Hall–Kier alpha value is 0.458. The molecule has 0 aliphatic rings. The predicted molar refractivity (Wildman–Crippen MR) is 34.4 cm³/mol. The van der Waals surface area contributed by atoms with Crippen LogP contribution in [-0.4, -0.2) is 0 Å². The van der Waals surface area contributed by atoms with Crippen molar-refractivity contribution < 1.29 is 17.5 Å². The fourth-order valence-electron chi connectivity index (χ4n) is 0.295. The van der Waals surface area contributed by atoms with E-state index in [9.17, 15) is 0 Å². The van der Waals surface area contributed by atoms with Crippen molar-refractivity contribution in [2.45, 2.75) is 12.8 Å². The molecule has 0 N–H and O–H groups in total. The molecule has 0 spiro atoms. The topological polar surface area (TPSA) is 0 Å². The summed E-state index contributed by atoms with van der Waals surface area (Å²) in [4.78, 5) is 0. The second-order valence-electron chi connectivity index (χ2n) is 1.28. The van der Waals surface area contributed by atoms with Gasteiger partial charge in [0.2, 0.25) is 0 Å². The Morgan fingerprint density at radius 1 is 1.50 bits per heavy atom. The van der Waals surface area contributed by atoms with Gasteiger partial charge in [-0.1, -0.05) is 0 Å². The molecule has 0 bridgehead atoms. The van der Waals surface area contributed by atoms with E-state index < -0.39 is 0 Å². The fraction of sp³-hybridized carbons (Fsp3) is 0.333. The summed E-state index contributed by atoms with van der Waals surface area (Å²) in [6.45, 7) is 3.60. The van der Waals surface area contributed by atoms with E-state index in [2.05, 4.69) is 17.1 Å². The molecule has 0 amide bonds. The van der Waals surface area contributed by atoms with Gasteiger partial charge in [0.1, 0.15) is 0 Å². The number of unbranched alkanes of at least 4 members (excludes halogenated alkanes) is 1. The van der Waals surface area contributed by atoms with Crippen LogP contribution in [0.25, 0.3) is 0 Å². The zero-order valence-corrected chi connectivity index (χ0v) is 7.58. The van der Waals surface area contributed by atoms with Crippen molar-refractivity contribution in [3.63, 3.8) is 0 Å². The van der Waals surface area contributed by atoms with E-state index in [1.807, 2.05) is 6.08 Å². The van der Waals surface area contributed by atoms with Gasteiger partial charge in [-0.2, -0.15) is 0 Å². The molecule has 50 valence electrons. The molecule has 0 radical (unpaired) electrons. The van der Waals surface area contributed by atoms with Crippen LogP contribution in [0.5, 0.6) is 0 Å². The molecule has 0 nitrogen and oxygen atoms in total. The van der Waals surface area contributed by atoms with Gasteiger partial charge in [0.25, 0.3) is 0 Å². The molecule has 0 heterocycles. The molecule has 0 rings (SSSR count). The van der Waals surface area contributed by atoms with Crippen LogP contribution in [0.2, 0.25) is 0 Å². The van der Waals surface area contributed by atoms with Gasteiger partial charge in [-0.05, 0) is 0 Å². The molecule has 0 atom stereocenters. The first-order valence-electron chi connectivity index (χ1n) is 2.36. The van der Waals surface area contributed by atoms with Gasteiger partial charge in [-0.15, -0.1) is 0 Å². The maximum absolute atomic E-state index is 5.48. The summed E-state index contributed by atoms with van der Waals surface area (Å²) in [5, 5.41) is 0.